The number of amides is 1. The maximum atomic E-state index is 11.2. The van der Waals surface area contributed by atoms with Gasteiger partial charge in [0, 0.05) is 13.2 Å². The van der Waals surface area contributed by atoms with E-state index in [1.165, 1.54) is 0 Å². The molecular formula is C10H22N2O2. The predicted octanol–water partition coefficient (Wildman–Crippen LogP) is 0.393. The van der Waals surface area contributed by atoms with Crippen LogP contribution in [-0.4, -0.2) is 30.2 Å². The van der Waals surface area contributed by atoms with Gasteiger partial charge in [0.15, 0.2) is 0 Å². The first-order valence-electron chi connectivity index (χ1n) is 5.36. The molecule has 0 aromatic heterocycles. The zero-order chi connectivity index (χ0) is 10.8. The molecule has 0 aromatic rings. The summed E-state index contributed by atoms with van der Waals surface area (Å²) >= 11 is 0. The molecule has 0 unspecified atom stereocenters. The van der Waals surface area contributed by atoms with E-state index in [0.29, 0.717) is 13.0 Å². The molecule has 0 rings (SSSR count). The van der Waals surface area contributed by atoms with Crippen LogP contribution in [0.25, 0.3) is 0 Å². The summed E-state index contributed by atoms with van der Waals surface area (Å²) in [5.41, 5.74) is 5.53. The Balaban J connectivity index is 3.23. The Hall–Kier alpha value is -0.610. The van der Waals surface area contributed by atoms with Crippen molar-refractivity contribution < 1.29 is 9.90 Å². The summed E-state index contributed by atoms with van der Waals surface area (Å²) in [5, 5.41) is 11.3. The van der Waals surface area contributed by atoms with Gasteiger partial charge in [-0.15, -0.1) is 0 Å². The first kappa shape index (κ1) is 13.4. The highest BCUT2D eigenvalue weighted by molar-refractivity contribution is 5.81. The lowest BCUT2D eigenvalue weighted by Gasteiger charge is -2.09. The van der Waals surface area contributed by atoms with Crippen LogP contribution in [0.1, 0.15) is 39.0 Å². The van der Waals surface area contributed by atoms with Gasteiger partial charge in [-0.2, -0.15) is 0 Å². The maximum Gasteiger partial charge on any atom is 0.236 e. The molecule has 0 aliphatic carbocycles. The summed E-state index contributed by atoms with van der Waals surface area (Å²) in [4.78, 5) is 11.2. The van der Waals surface area contributed by atoms with Crippen molar-refractivity contribution in [1.29, 1.82) is 0 Å². The average molecular weight is 202 g/mol. The van der Waals surface area contributed by atoms with Crippen molar-refractivity contribution >= 4 is 5.91 Å². The second-order valence-electron chi connectivity index (χ2n) is 3.44. The molecule has 0 heterocycles. The normalized spacial score (nSPS) is 12.5. The number of aliphatic hydroxyl groups is 1. The second-order valence-corrected chi connectivity index (χ2v) is 3.44. The van der Waals surface area contributed by atoms with E-state index in [1.54, 1.807) is 0 Å². The first-order chi connectivity index (χ1) is 6.72. The molecule has 0 fully saturated rings. The van der Waals surface area contributed by atoms with E-state index in [9.17, 15) is 4.79 Å². The van der Waals surface area contributed by atoms with Gasteiger partial charge in [-0.25, -0.2) is 0 Å². The first-order valence-corrected chi connectivity index (χ1v) is 5.36. The van der Waals surface area contributed by atoms with Crippen molar-refractivity contribution in [2.45, 2.75) is 45.1 Å². The monoisotopic (exact) mass is 202 g/mol. The zero-order valence-corrected chi connectivity index (χ0v) is 8.96. The number of aliphatic hydroxyl groups excluding tert-OH is 1. The molecule has 1 atom stereocenters. The maximum absolute atomic E-state index is 11.2. The Morgan fingerprint density at radius 2 is 2.00 bits per heavy atom. The van der Waals surface area contributed by atoms with Gasteiger partial charge in [0.1, 0.15) is 0 Å². The molecule has 14 heavy (non-hydrogen) atoms. The molecule has 0 bridgehead atoms. The van der Waals surface area contributed by atoms with Gasteiger partial charge in [0.25, 0.3) is 0 Å². The summed E-state index contributed by atoms with van der Waals surface area (Å²) in [6, 6.07) is -0.368. The van der Waals surface area contributed by atoms with Crippen LogP contribution in [0.4, 0.5) is 0 Å². The van der Waals surface area contributed by atoms with Gasteiger partial charge in [0.05, 0.1) is 6.04 Å². The molecule has 0 radical (unpaired) electrons. The fourth-order valence-electron chi connectivity index (χ4n) is 1.12. The Morgan fingerprint density at radius 1 is 1.36 bits per heavy atom. The third-order valence-electron chi connectivity index (χ3n) is 2.16. The van der Waals surface area contributed by atoms with E-state index < -0.39 is 0 Å². The standard InChI is InChI=1S/C10H22N2O2/c1-2-9(11)10(14)12-7-5-3-4-6-8-13/h9,13H,2-8,11H2,1H3,(H,12,14)/t9-/m0/s1. The van der Waals surface area contributed by atoms with E-state index in [1.807, 2.05) is 6.92 Å². The molecule has 0 aromatic carbocycles. The second kappa shape index (κ2) is 8.97. The fourth-order valence-corrected chi connectivity index (χ4v) is 1.12. The minimum Gasteiger partial charge on any atom is -0.396 e. The molecular weight excluding hydrogens is 180 g/mol. The molecule has 1 amide bonds. The number of nitrogens with one attached hydrogen (secondary N) is 1. The molecule has 0 aliphatic heterocycles. The van der Waals surface area contributed by atoms with Crippen molar-refractivity contribution in [3.8, 4) is 0 Å². The van der Waals surface area contributed by atoms with Gasteiger partial charge in [-0.3, -0.25) is 4.79 Å². The number of hydrogen-bond acceptors (Lipinski definition) is 3. The lowest BCUT2D eigenvalue weighted by molar-refractivity contribution is -0.122. The van der Waals surface area contributed by atoms with E-state index in [4.69, 9.17) is 10.8 Å². The van der Waals surface area contributed by atoms with Crippen LogP contribution < -0.4 is 11.1 Å². The van der Waals surface area contributed by atoms with Gasteiger partial charge in [0.2, 0.25) is 5.91 Å². The van der Waals surface area contributed by atoms with Crippen LogP contribution in [0.2, 0.25) is 0 Å². The van der Waals surface area contributed by atoms with Gasteiger partial charge >= 0.3 is 0 Å². The summed E-state index contributed by atoms with van der Waals surface area (Å²) < 4.78 is 0. The number of hydrogen-bond donors (Lipinski definition) is 3. The van der Waals surface area contributed by atoms with E-state index in [2.05, 4.69) is 5.32 Å². The van der Waals surface area contributed by atoms with Crippen LogP contribution in [-0.2, 0) is 4.79 Å². The predicted molar refractivity (Wildman–Crippen MR) is 56.8 cm³/mol. The Bertz CT molecular complexity index is 151. The van der Waals surface area contributed by atoms with E-state index >= 15 is 0 Å². The lowest BCUT2D eigenvalue weighted by Crippen LogP contribution is -2.40. The molecule has 0 aliphatic rings. The minimum atomic E-state index is -0.368. The van der Waals surface area contributed by atoms with Crippen molar-refractivity contribution in [2.24, 2.45) is 5.73 Å². The number of rotatable bonds is 8. The van der Waals surface area contributed by atoms with Gasteiger partial charge in [-0.1, -0.05) is 19.8 Å². The van der Waals surface area contributed by atoms with Crippen molar-refractivity contribution in [3.63, 3.8) is 0 Å². The number of carbonyl (C=O) groups excluding carboxylic acids is 1. The van der Waals surface area contributed by atoms with E-state index in [-0.39, 0.29) is 18.6 Å². The smallest absolute Gasteiger partial charge is 0.236 e. The van der Waals surface area contributed by atoms with Gasteiger partial charge in [-0.05, 0) is 19.3 Å². The van der Waals surface area contributed by atoms with E-state index in [0.717, 1.165) is 25.7 Å². The molecule has 4 heteroatoms. The van der Waals surface area contributed by atoms with Crippen LogP contribution in [0.3, 0.4) is 0 Å². The van der Waals surface area contributed by atoms with Crippen molar-refractivity contribution in [3.05, 3.63) is 0 Å². The Kier molecular flexibility index (Phi) is 8.57. The molecule has 0 saturated carbocycles. The van der Waals surface area contributed by atoms with Crippen LogP contribution in [0, 0.1) is 0 Å². The van der Waals surface area contributed by atoms with Crippen LogP contribution in [0.15, 0.2) is 0 Å². The number of carbonyl (C=O) groups is 1. The highest BCUT2D eigenvalue weighted by atomic mass is 16.2. The van der Waals surface area contributed by atoms with Crippen molar-refractivity contribution in [1.82, 2.24) is 5.32 Å². The summed E-state index contributed by atoms with van der Waals surface area (Å²) in [7, 11) is 0. The van der Waals surface area contributed by atoms with Gasteiger partial charge < -0.3 is 16.2 Å². The average Bonchev–Trinajstić information content (AvgIpc) is 2.21. The molecule has 84 valence electrons. The third kappa shape index (κ3) is 6.86. The molecule has 0 saturated heterocycles. The minimum absolute atomic E-state index is 0.0605. The Labute approximate surface area is 85.9 Å². The summed E-state index contributed by atoms with van der Waals surface area (Å²) in [5.74, 6) is -0.0605. The lowest BCUT2D eigenvalue weighted by atomic mass is 10.2. The number of nitrogens with two attached hydrogens (primary N) is 1. The number of unbranched alkanes of at least 4 members (excludes halogenated alkanes) is 3. The molecule has 4 nitrogen and oxygen atoms in total. The Morgan fingerprint density at radius 3 is 2.57 bits per heavy atom. The highest BCUT2D eigenvalue weighted by Gasteiger charge is 2.08. The molecule has 4 N–H and O–H groups in total. The highest BCUT2D eigenvalue weighted by Crippen LogP contribution is 1.97. The topological polar surface area (TPSA) is 75.4 Å². The summed E-state index contributed by atoms with van der Waals surface area (Å²) in [6.07, 6.45) is 4.55. The van der Waals surface area contributed by atoms with Crippen molar-refractivity contribution in [2.75, 3.05) is 13.2 Å². The summed E-state index contributed by atoms with van der Waals surface area (Å²) in [6.45, 7) is 2.84. The third-order valence-corrected chi connectivity index (χ3v) is 2.16. The van der Waals surface area contributed by atoms with Crippen LogP contribution in [0.5, 0.6) is 0 Å². The zero-order valence-electron chi connectivity index (χ0n) is 8.96. The molecule has 0 spiro atoms. The quantitative estimate of drug-likeness (QED) is 0.498. The van der Waals surface area contributed by atoms with Crippen LogP contribution >= 0.6 is 0 Å². The SMILES string of the molecule is CC[C@H](N)C(=O)NCCCCCCO. The fraction of sp³-hybridized carbons (Fsp3) is 0.900. The largest absolute Gasteiger partial charge is 0.396 e.